The quantitative estimate of drug-likeness (QED) is 0.148. The second kappa shape index (κ2) is 13.1. The number of nitrogens with one attached hydrogen (secondary N) is 1. The van der Waals surface area contributed by atoms with Gasteiger partial charge in [-0.3, -0.25) is 4.79 Å². The van der Waals surface area contributed by atoms with E-state index in [9.17, 15) is 31.5 Å². The van der Waals surface area contributed by atoms with E-state index in [1.54, 1.807) is 4.68 Å². The molecule has 3 N–H and O–H groups in total. The smallest absolute Gasteiger partial charge is 0.416 e. The van der Waals surface area contributed by atoms with Gasteiger partial charge in [-0.2, -0.15) is 18.3 Å². The summed E-state index contributed by atoms with van der Waals surface area (Å²) >= 11 is 6.34. The van der Waals surface area contributed by atoms with Gasteiger partial charge in [0, 0.05) is 29.4 Å². The summed E-state index contributed by atoms with van der Waals surface area (Å²) in [6.45, 7) is 0.446. The number of nitrogen functional groups attached to an aromatic ring is 1. The molecule has 2 aliphatic rings. The van der Waals surface area contributed by atoms with Crippen molar-refractivity contribution in [2.75, 3.05) is 24.8 Å². The number of methoxy groups -OCH3 is 1. The average molecular weight is 691 g/mol. The first-order valence-corrected chi connectivity index (χ1v) is 15.3. The van der Waals surface area contributed by atoms with Gasteiger partial charge in [0.25, 0.3) is 5.91 Å². The predicted molar refractivity (Wildman–Crippen MR) is 167 cm³/mol. The molecule has 9 nitrogen and oxygen atoms in total. The van der Waals surface area contributed by atoms with Crippen LogP contribution < -0.4 is 15.8 Å². The van der Waals surface area contributed by atoms with Gasteiger partial charge in [0.05, 0.1) is 34.3 Å². The normalized spacial score (nSPS) is 16.8. The fourth-order valence-electron chi connectivity index (χ4n) is 6.03. The number of esters is 1. The van der Waals surface area contributed by atoms with Crippen molar-refractivity contribution in [1.82, 2.24) is 9.78 Å². The van der Waals surface area contributed by atoms with Crippen molar-refractivity contribution in [2.24, 2.45) is 0 Å². The standard InChI is InChI=1S/C33H28ClF5N4O5/c1-46-32(45)21-6-4-5-20(21)22-15-24(41-31(44)16-11-17(33(37,38)39)13-19(36)12-16)29(48-25-14-18(35)8-9-23(25)34)27-28(22)43(42-30(27)40)26-7-2-3-10-47-26/h8-9,11-15,26H,2-7,10H2,1H3,(H2,40,42)(H,41,44). The summed E-state index contributed by atoms with van der Waals surface area (Å²) in [5.74, 6) is -4.14. The minimum absolute atomic E-state index is 0.0149. The van der Waals surface area contributed by atoms with Crippen molar-refractivity contribution in [3.05, 3.63) is 81.4 Å². The van der Waals surface area contributed by atoms with E-state index in [0.717, 1.165) is 25.0 Å². The van der Waals surface area contributed by atoms with Gasteiger partial charge in [-0.1, -0.05) is 11.6 Å². The van der Waals surface area contributed by atoms with Gasteiger partial charge in [0.1, 0.15) is 17.4 Å². The van der Waals surface area contributed by atoms with Crippen molar-refractivity contribution in [3.8, 4) is 11.5 Å². The van der Waals surface area contributed by atoms with Gasteiger partial charge < -0.3 is 25.3 Å². The van der Waals surface area contributed by atoms with Gasteiger partial charge in [-0.05, 0) is 80.5 Å². The highest BCUT2D eigenvalue weighted by atomic mass is 35.5. The van der Waals surface area contributed by atoms with E-state index in [-0.39, 0.29) is 39.5 Å². The second-order valence-corrected chi connectivity index (χ2v) is 11.7. The molecule has 1 unspecified atom stereocenters. The van der Waals surface area contributed by atoms with E-state index >= 15 is 0 Å². The minimum Gasteiger partial charge on any atom is -0.466 e. The van der Waals surface area contributed by atoms with Crippen LogP contribution in [-0.4, -0.2) is 35.4 Å². The number of carbonyl (C=O) groups is 2. The fraction of sp³-hybridized carbons (Fsp3) is 0.303. The molecule has 2 heterocycles. The number of hydrogen-bond donors (Lipinski definition) is 2. The average Bonchev–Trinajstić information content (AvgIpc) is 3.68. The van der Waals surface area contributed by atoms with E-state index in [4.69, 9.17) is 31.5 Å². The third kappa shape index (κ3) is 6.41. The molecule has 252 valence electrons. The molecule has 0 bridgehead atoms. The largest absolute Gasteiger partial charge is 0.466 e. The van der Waals surface area contributed by atoms with Gasteiger partial charge in [-0.25, -0.2) is 18.3 Å². The molecule has 1 saturated heterocycles. The first-order chi connectivity index (χ1) is 22.8. The number of carbonyl (C=O) groups excluding carboxylic acids is 2. The Labute approximate surface area is 275 Å². The summed E-state index contributed by atoms with van der Waals surface area (Å²) in [4.78, 5) is 26.4. The number of nitrogens with two attached hydrogens (primary N) is 1. The Balaban J connectivity index is 1.62. The van der Waals surface area contributed by atoms with Crippen LogP contribution in [0, 0.1) is 11.6 Å². The molecule has 4 aromatic rings. The Morgan fingerprint density at radius 1 is 1.06 bits per heavy atom. The Hall–Kier alpha value is -4.69. The van der Waals surface area contributed by atoms with Crippen LogP contribution in [0.4, 0.5) is 33.5 Å². The van der Waals surface area contributed by atoms with E-state index in [1.165, 1.54) is 19.2 Å². The van der Waals surface area contributed by atoms with Gasteiger partial charge >= 0.3 is 12.1 Å². The number of alkyl halides is 3. The molecule has 0 spiro atoms. The molecule has 1 fully saturated rings. The third-order valence-electron chi connectivity index (χ3n) is 8.20. The SMILES string of the molecule is COC(=O)C1=C(c2cc(NC(=O)c3cc(F)cc(C(F)(F)F)c3)c(Oc3cc(F)ccc3Cl)c3c(N)nn(C4CCCCO4)c23)CCC1. The van der Waals surface area contributed by atoms with Crippen LogP contribution in [0.1, 0.15) is 66.2 Å². The lowest BCUT2D eigenvalue weighted by Crippen LogP contribution is -2.20. The van der Waals surface area contributed by atoms with Gasteiger partial charge in [0.15, 0.2) is 17.8 Å². The lowest BCUT2D eigenvalue weighted by molar-refractivity contribution is -0.138. The highest BCUT2D eigenvalue weighted by Gasteiger charge is 2.34. The van der Waals surface area contributed by atoms with E-state index in [1.807, 2.05) is 0 Å². The van der Waals surface area contributed by atoms with Crippen molar-refractivity contribution in [3.63, 3.8) is 0 Å². The lowest BCUT2D eigenvalue weighted by atomic mass is 9.97. The molecule has 0 saturated carbocycles. The van der Waals surface area contributed by atoms with Crippen molar-refractivity contribution in [2.45, 2.75) is 50.9 Å². The second-order valence-electron chi connectivity index (χ2n) is 11.3. The number of aromatic nitrogens is 2. The number of allylic oxidation sites excluding steroid dienone is 1. The van der Waals surface area contributed by atoms with Crippen molar-refractivity contribution >= 4 is 51.5 Å². The topological polar surface area (TPSA) is 118 Å². The van der Waals surface area contributed by atoms with Crippen LogP contribution in [0.2, 0.25) is 5.02 Å². The number of fused-ring (bicyclic) bond motifs is 1. The van der Waals surface area contributed by atoms with Crippen LogP contribution in [0.25, 0.3) is 16.5 Å². The monoisotopic (exact) mass is 690 g/mol. The molecule has 6 rings (SSSR count). The van der Waals surface area contributed by atoms with Crippen molar-refractivity contribution in [1.29, 1.82) is 0 Å². The Bertz CT molecular complexity index is 1970. The molecule has 1 amide bonds. The molecule has 3 aromatic carbocycles. The van der Waals surface area contributed by atoms with Crippen molar-refractivity contribution < 1.29 is 45.8 Å². The highest BCUT2D eigenvalue weighted by molar-refractivity contribution is 6.32. The molecule has 1 aromatic heterocycles. The van der Waals surface area contributed by atoms with Crippen LogP contribution in [0.5, 0.6) is 11.5 Å². The van der Waals surface area contributed by atoms with E-state index in [0.29, 0.717) is 66.6 Å². The molecular formula is C33H28ClF5N4O5. The maximum Gasteiger partial charge on any atom is 0.416 e. The zero-order valence-corrected chi connectivity index (χ0v) is 26.1. The maximum absolute atomic E-state index is 14.4. The molecule has 1 atom stereocenters. The third-order valence-corrected chi connectivity index (χ3v) is 8.51. The summed E-state index contributed by atoms with van der Waals surface area (Å²) in [5.41, 5.74) is 6.04. The fourth-order valence-corrected chi connectivity index (χ4v) is 6.19. The minimum atomic E-state index is -4.94. The zero-order valence-electron chi connectivity index (χ0n) is 25.3. The summed E-state index contributed by atoms with van der Waals surface area (Å²) < 4.78 is 88.0. The number of nitrogens with zero attached hydrogens (tertiary/aromatic N) is 2. The summed E-state index contributed by atoms with van der Waals surface area (Å²) in [6, 6.07) is 6.22. The zero-order chi connectivity index (χ0) is 34.3. The predicted octanol–water partition coefficient (Wildman–Crippen LogP) is 8.42. The van der Waals surface area contributed by atoms with Crippen LogP contribution >= 0.6 is 11.6 Å². The number of halogens is 6. The first kappa shape index (κ1) is 33.2. The molecule has 15 heteroatoms. The number of anilines is 2. The number of amides is 1. The van der Waals surface area contributed by atoms with E-state index in [2.05, 4.69) is 10.4 Å². The van der Waals surface area contributed by atoms with Gasteiger partial charge in [0.2, 0.25) is 0 Å². The lowest BCUT2D eigenvalue weighted by Gasteiger charge is -2.25. The summed E-state index contributed by atoms with van der Waals surface area (Å²) in [7, 11) is 1.25. The molecular weight excluding hydrogens is 663 g/mol. The number of rotatable bonds is 7. The Morgan fingerprint density at radius 2 is 1.85 bits per heavy atom. The maximum atomic E-state index is 14.4. The molecule has 1 aliphatic heterocycles. The molecule has 48 heavy (non-hydrogen) atoms. The Morgan fingerprint density at radius 3 is 2.56 bits per heavy atom. The highest BCUT2D eigenvalue weighted by Crippen LogP contribution is 2.49. The number of ether oxygens (including phenoxy) is 3. The summed E-state index contributed by atoms with van der Waals surface area (Å²) in [6.07, 6.45) is -1.89. The van der Waals surface area contributed by atoms with Gasteiger partial charge in [-0.15, -0.1) is 0 Å². The van der Waals surface area contributed by atoms with Crippen LogP contribution in [0.3, 0.4) is 0 Å². The van der Waals surface area contributed by atoms with Crippen LogP contribution in [0.15, 0.2) is 48.0 Å². The van der Waals surface area contributed by atoms with E-state index < -0.39 is 47.0 Å². The van der Waals surface area contributed by atoms with Crippen LogP contribution in [-0.2, 0) is 20.4 Å². The molecule has 0 radical (unpaired) electrons. The molecule has 1 aliphatic carbocycles. The summed E-state index contributed by atoms with van der Waals surface area (Å²) in [5, 5.41) is 7.19. The number of hydrogen-bond acceptors (Lipinski definition) is 7. The Kier molecular flexibility index (Phi) is 9.05. The first-order valence-electron chi connectivity index (χ1n) is 14.9. The number of benzene rings is 3.